The summed E-state index contributed by atoms with van der Waals surface area (Å²) >= 11 is 0. The van der Waals surface area contributed by atoms with Crippen LogP contribution in [0.3, 0.4) is 0 Å². The van der Waals surface area contributed by atoms with Crippen molar-refractivity contribution in [3.05, 3.63) is 82.2 Å². The number of phenolic OH excluding ortho intramolecular Hbond substituents is 2. The van der Waals surface area contributed by atoms with Crippen molar-refractivity contribution in [2.75, 3.05) is 0 Å². The van der Waals surface area contributed by atoms with E-state index in [1.165, 1.54) is 18.2 Å². The van der Waals surface area contributed by atoms with E-state index in [1.54, 1.807) is 12.1 Å². The smallest absolute Gasteiger partial charge is 0.340 e. The molecule has 1 atom stereocenters. The Morgan fingerprint density at radius 3 is 2.36 bits per heavy atom. The first-order valence-electron chi connectivity index (χ1n) is 8.10. The first-order chi connectivity index (χ1) is 13.4. The minimum absolute atomic E-state index is 0.0573. The van der Waals surface area contributed by atoms with Crippen molar-refractivity contribution in [2.24, 2.45) is 0 Å². The van der Waals surface area contributed by atoms with Gasteiger partial charge in [-0.15, -0.1) is 0 Å². The van der Waals surface area contributed by atoms with Gasteiger partial charge in [-0.2, -0.15) is 8.78 Å². The molecule has 3 aromatic carbocycles. The lowest BCUT2D eigenvalue weighted by atomic mass is 9.77. The molecular weight excluding hydrogens is 377 g/mol. The van der Waals surface area contributed by atoms with Crippen molar-refractivity contribution < 1.29 is 37.7 Å². The van der Waals surface area contributed by atoms with Crippen LogP contribution in [0.2, 0.25) is 0 Å². The van der Waals surface area contributed by atoms with Gasteiger partial charge in [0, 0.05) is 5.56 Å². The van der Waals surface area contributed by atoms with Crippen molar-refractivity contribution >= 4 is 5.97 Å². The van der Waals surface area contributed by atoms with E-state index in [1.807, 2.05) is 0 Å². The van der Waals surface area contributed by atoms with Crippen LogP contribution >= 0.6 is 0 Å². The fourth-order valence-electron chi connectivity index (χ4n) is 3.74. The van der Waals surface area contributed by atoms with E-state index >= 15 is 0 Å². The number of carbonyl (C=O) groups excluding carboxylic acids is 1. The average Bonchev–Trinajstić information content (AvgIpc) is 2.98. The lowest BCUT2D eigenvalue weighted by Crippen LogP contribution is -2.34. The molecule has 0 amide bonds. The molecule has 2 heterocycles. The second-order valence-corrected chi connectivity index (χ2v) is 6.39. The Kier molecular flexibility index (Phi) is 3.06. The summed E-state index contributed by atoms with van der Waals surface area (Å²) in [6.07, 6.45) is 0. The van der Waals surface area contributed by atoms with Gasteiger partial charge in [-0.05, 0) is 24.3 Å². The zero-order chi connectivity index (χ0) is 19.8. The molecule has 8 heteroatoms. The Bertz CT molecular complexity index is 1210. The predicted molar refractivity (Wildman–Crippen MR) is 87.9 cm³/mol. The molecule has 0 saturated carbocycles. The fourth-order valence-corrected chi connectivity index (χ4v) is 3.74. The monoisotopic (exact) mass is 386 g/mol. The second kappa shape index (κ2) is 5.19. The molecule has 2 aliphatic rings. The molecule has 0 aromatic heterocycles. The van der Waals surface area contributed by atoms with Crippen LogP contribution in [-0.2, 0) is 10.3 Å². The molecule has 1 spiro atoms. The van der Waals surface area contributed by atoms with Crippen LogP contribution in [0.4, 0.5) is 13.2 Å². The number of fused-ring (bicyclic) bond motifs is 6. The molecule has 140 valence electrons. The third-order valence-corrected chi connectivity index (χ3v) is 4.96. The van der Waals surface area contributed by atoms with Crippen LogP contribution in [0.5, 0.6) is 23.0 Å². The molecule has 5 nitrogen and oxygen atoms in total. The molecule has 0 fully saturated rings. The van der Waals surface area contributed by atoms with Crippen LogP contribution in [0.25, 0.3) is 0 Å². The molecule has 2 aliphatic heterocycles. The lowest BCUT2D eigenvalue weighted by Gasteiger charge is -2.36. The SMILES string of the molecule is O=C1OC2(c3ccccc31)c1ccc(O)c(F)c1Oc1c2cc(F)c(O)c1F. The predicted octanol–water partition coefficient (Wildman–Crippen LogP) is 4.08. The molecule has 2 N–H and O–H groups in total. The van der Waals surface area contributed by atoms with Gasteiger partial charge in [-0.25, -0.2) is 9.18 Å². The molecule has 0 bridgehead atoms. The second-order valence-electron chi connectivity index (χ2n) is 6.39. The van der Waals surface area contributed by atoms with Crippen LogP contribution in [0.15, 0.2) is 42.5 Å². The van der Waals surface area contributed by atoms with E-state index in [9.17, 15) is 28.2 Å². The number of aromatic hydroxyl groups is 2. The van der Waals surface area contributed by atoms with Crippen LogP contribution in [0, 0.1) is 17.5 Å². The van der Waals surface area contributed by atoms with Gasteiger partial charge in [0.2, 0.25) is 11.6 Å². The minimum atomic E-state index is -1.92. The maximum absolute atomic E-state index is 14.6. The summed E-state index contributed by atoms with van der Waals surface area (Å²) in [5.41, 5.74) is -1.88. The van der Waals surface area contributed by atoms with Crippen LogP contribution in [0.1, 0.15) is 27.0 Å². The summed E-state index contributed by atoms with van der Waals surface area (Å²) in [6, 6.07) is 9.17. The van der Waals surface area contributed by atoms with Gasteiger partial charge in [0.25, 0.3) is 0 Å². The third-order valence-electron chi connectivity index (χ3n) is 4.96. The maximum atomic E-state index is 14.6. The Morgan fingerprint density at radius 2 is 1.57 bits per heavy atom. The van der Waals surface area contributed by atoms with Gasteiger partial charge >= 0.3 is 5.97 Å². The summed E-state index contributed by atoms with van der Waals surface area (Å²) in [4.78, 5) is 12.5. The summed E-state index contributed by atoms with van der Waals surface area (Å²) in [5, 5.41) is 19.3. The number of hydrogen-bond donors (Lipinski definition) is 2. The molecular formula is C20H9F3O5. The highest BCUT2D eigenvalue weighted by molar-refractivity contribution is 5.97. The third kappa shape index (κ3) is 1.79. The Hall–Kier alpha value is -3.68. The molecule has 0 saturated heterocycles. The van der Waals surface area contributed by atoms with Gasteiger partial charge in [0.05, 0.1) is 16.7 Å². The van der Waals surface area contributed by atoms with Crippen molar-refractivity contribution in [3.8, 4) is 23.0 Å². The number of carbonyl (C=O) groups is 1. The van der Waals surface area contributed by atoms with Crippen molar-refractivity contribution in [2.45, 2.75) is 5.60 Å². The number of rotatable bonds is 0. The highest BCUT2D eigenvalue weighted by Gasteiger charge is 2.55. The number of halogens is 3. The normalized spacial score (nSPS) is 18.9. The largest absolute Gasteiger partial charge is 0.505 e. The van der Waals surface area contributed by atoms with Crippen LogP contribution in [-0.4, -0.2) is 16.2 Å². The summed E-state index contributed by atoms with van der Waals surface area (Å²) < 4.78 is 54.3. The zero-order valence-corrected chi connectivity index (χ0v) is 13.8. The maximum Gasteiger partial charge on any atom is 0.340 e. The molecule has 3 aromatic rings. The molecule has 1 unspecified atom stereocenters. The number of hydrogen-bond acceptors (Lipinski definition) is 5. The number of benzene rings is 3. The number of esters is 1. The first-order valence-corrected chi connectivity index (χ1v) is 8.10. The fraction of sp³-hybridized carbons (Fsp3) is 0.0500. The van der Waals surface area contributed by atoms with Gasteiger partial charge in [-0.3, -0.25) is 0 Å². The van der Waals surface area contributed by atoms with E-state index in [-0.39, 0.29) is 22.3 Å². The standard InChI is InChI=1S/C20H9F3O5/c21-12-7-11-18(15(23)16(12)25)27-17-10(5-6-13(24)14(17)22)20(11)9-4-2-1-3-8(9)19(26)28-20/h1-7,24-25H. The quantitative estimate of drug-likeness (QED) is 0.570. The van der Waals surface area contributed by atoms with Crippen LogP contribution < -0.4 is 4.74 Å². The Balaban J connectivity index is 1.97. The van der Waals surface area contributed by atoms with E-state index in [0.717, 1.165) is 12.1 Å². The molecule has 0 radical (unpaired) electrons. The Morgan fingerprint density at radius 1 is 0.857 bits per heavy atom. The highest BCUT2D eigenvalue weighted by Crippen LogP contribution is 2.58. The van der Waals surface area contributed by atoms with Gasteiger partial charge in [-0.1, -0.05) is 18.2 Å². The van der Waals surface area contributed by atoms with Gasteiger partial charge < -0.3 is 19.7 Å². The molecule has 5 rings (SSSR count). The highest BCUT2D eigenvalue weighted by atomic mass is 19.1. The van der Waals surface area contributed by atoms with Crippen molar-refractivity contribution in [1.82, 2.24) is 0 Å². The lowest BCUT2D eigenvalue weighted by molar-refractivity contribution is 0.0217. The van der Waals surface area contributed by atoms with Crippen molar-refractivity contribution in [1.29, 1.82) is 0 Å². The first kappa shape index (κ1) is 16.5. The summed E-state index contributed by atoms with van der Waals surface area (Å²) in [5.74, 6) is -8.19. The molecule has 28 heavy (non-hydrogen) atoms. The zero-order valence-electron chi connectivity index (χ0n) is 13.8. The van der Waals surface area contributed by atoms with Gasteiger partial charge in [0.1, 0.15) is 0 Å². The summed E-state index contributed by atoms with van der Waals surface area (Å²) in [7, 11) is 0. The molecule has 0 aliphatic carbocycles. The van der Waals surface area contributed by atoms with E-state index in [4.69, 9.17) is 9.47 Å². The number of phenols is 2. The van der Waals surface area contributed by atoms with E-state index in [2.05, 4.69) is 0 Å². The topological polar surface area (TPSA) is 76.0 Å². The van der Waals surface area contributed by atoms with Gasteiger partial charge in [0.15, 0.2) is 34.4 Å². The minimum Gasteiger partial charge on any atom is -0.505 e. The Labute approximate surface area is 155 Å². The number of ether oxygens (including phenoxy) is 2. The van der Waals surface area contributed by atoms with E-state index in [0.29, 0.717) is 0 Å². The van der Waals surface area contributed by atoms with E-state index < -0.39 is 52.0 Å². The summed E-state index contributed by atoms with van der Waals surface area (Å²) in [6.45, 7) is 0. The average molecular weight is 386 g/mol. The van der Waals surface area contributed by atoms with Crippen molar-refractivity contribution in [3.63, 3.8) is 0 Å².